The summed E-state index contributed by atoms with van der Waals surface area (Å²) in [7, 11) is 1.59. The molecule has 2 amide bonds. The summed E-state index contributed by atoms with van der Waals surface area (Å²) >= 11 is 0. The van der Waals surface area contributed by atoms with Gasteiger partial charge in [-0.2, -0.15) is 0 Å². The van der Waals surface area contributed by atoms with Crippen molar-refractivity contribution in [3.8, 4) is 0 Å². The van der Waals surface area contributed by atoms with Crippen LogP contribution in [0.4, 0.5) is 11.4 Å². The van der Waals surface area contributed by atoms with Crippen LogP contribution in [-0.2, 0) is 15.2 Å². The lowest BCUT2D eigenvalue weighted by Gasteiger charge is -2.44. The largest absolute Gasteiger partial charge is 0.383 e. The zero-order valence-corrected chi connectivity index (χ0v) is 15.7. The minimum absolute atomic E-state index is 0.181. The number of nitrogens with zero attached hydrogens (tertiary/aromatic N) is 1. The van der Waals surface area contributed by atoms with E-state index >= 15 is 0 Å². The van der Waals surface area contributed by atoms with Crippen LogP contribution in [0.2, 0.25) is 0 Å². The molecule has 0 saturated carbocycles. The van der Waals surface area contributed by atoms with E-state index in [0.717, 1.165) is 16.8 Å². The van der Waals surface area contributed by atoms with Gasteiger partial charge in [0.05, 0.1) is 12.2 Å². The Hall–Kier alpha value is -2.86. The third-order valence-corrected chi connectivity index (χ3v) is 5.32. The van der Waals surface area contributed by atoms with E-state index in [1.807, 2.05) is 36.4 Å². The summed E-state index contributed by atoms with van der Waals surface area (Å²) in [6.45, 7) is 4.85. The lowest BCUT2D eigenvalue weighted by Crippen LogP contribution is -2.62. The Labute approximate surface area is 158 Å². The summed E-state index contributed by atoms with van der Waals surface area (Å²) in [6, 6.07) is 13.2. The topological polar surface area (TPSA) is 70.7 Å². The van der Waals surface area contributed by atoms with E-state index in [2.05, 4.69) is 24.5 Å². The Kier molecular flexibility index (Phi) is 4.15. The number of para-hydroxylation sites is 1. The van der Waals surface area contributed by atoms with Crippen molar-refractivity contribution in [2.24, 2.45) is 0 Å². The molecule has 0 aromatic heterocycles. The van der Waals surface area contributed by atoms with E-state index in [9.17, 15) is 9.59 Å². The molecule has 6 nitrogen and oxygen atoms in total. The van der Waals surface area contributed by atoms with E-state index in [1.54, 1.807) is 18.1 Å². The Morgan fingerprint density at radius 2 is 1.89 bits per heavy atom. The van der Waals surface area contributed by atoms with Crippen LogP contribution in [0.1, 0.15) is 41.3 Å². The molecule has 2 heterocycles. The third kappa shape index (κ3) is 2.51. The van der Waals surface area contributed by atoms with Gasteiger partial charge in [-0.15, -0.1) is 0 Å². The van der Waals surface area contributed by atoms with Gasteiger partial charge in [0.25, 0.3) is 11.8 Å². The van der Waals surface area contributed by atoms with E-state index in [0.29, 0.717) is 30.3 Å². The summed E-state index contributed by atoms with van der Waals surface area (Å²) in [4.78, 5) is 28.1. The number of carbonyl (C=O) groups is 2. The van der Waals surface area contributed by atoms with Crippen LogP contribution in [0, 0.1) is 0 Å². The Morgan fingerprint density at radius 3 is 2.63 bits per heavy atom. The first-order valence-electron chi connectivity index (χ1n) is 9.13. The monoisotopic (exact) mass is 365 g/mol. The van der Waals surface area contributed by atoms with Crippen molar-refractivity contribution in [2.45, 2.75) is 25.4 Å². The molecule has 0 saturated heterocycles. The molecule has 2 aliphatic heterocycles. The number of hydrogen-bond donors (Lipinski definition) is 2. The molecule has 1 atom stereocenters. The fraction of sp³-hybridized carbons (Fsp3) is 0.333. The van der Waals surface area contributed by atoms with Gasteiger partial charge >= 0.3 is 0 Å². The molecular weight excluding hydrogens is 342 g/mol. The lowest BCUT2D eigenvalue weighted by atomic mass is 9.90. The van der Waals surface area contributed by atoms with Crippen molar-refractivity contribution in [3.05, 3.63) is 59.2 Å². The fourth-order valence-electron chi connectivity index (χ4n) is 3.85. The number of amides is 2. The van der Waals surface area contributed by atoms with Crippen LogP contribution < -0.4 is 10.6 Å². The highest BCUT2D eigenvalue weighted by Gasteiger charge is 2.56. The minimum atomic E-state index is -1.27. The number of carbonyl (C=O) groups excluding carboxylic acids is 2. The average Bonchev–Trinajstić information content (AvgIpc) is 2.93. The number of anilines is 2. The zero-order valence-electron chi connectivity index (χ0n) is 15.7. The van der Waals surface area contributed by atoms with E-state index in [4.69, 9.17) is 4.74 Å². The summed E-state index contributed by atoms with van der Waals surface area (Å²) in [5, 5.41) is 6.32. The minimum Gasteiger partial charge on any atom is -0.383 e. The predicted molar refractivity (Wildman–Crippen MR) is 104 cm³/mol. The summed E-state index contributed by atoms with van der Waals surface area (Å²) < 4.78 is 5.22. The first kappa shape index (κ1) is 17.5. The Morgan fingerprint density at radius 1 is 1.11 bits per heavy atom. The Bertz CT molecular complexity index is 925. The first-order chi connectivity index (χ1) is 13.0. The van der Waals surface area contributed by atoms with Crippen LogP contribution in [-0.4, -0.2) is 37.0 Å². The van der Waals surface area contributed by atoms with Crippen LogP contribution >= 0.6 is 0 Å². The quantitative estimate of drug-likeness (QED) is 0.873. The van der Waals surface area contributed by atoms with Gasteiger partial charge in [0, 0.05) is 30.6 Å². The molecule has 2 N–H and O–H groups in total. The smallest absolute Gasteiger partial charge is 0.276 e. The van der Waals surface area contributed by atoms with Gasteiger partial charge in [-0.25, -0.2) is 0 Å². The first-order valence-corrected chi connectivity index (χ1v) is 9.13. The second-order valence-corrected chi connectivity index (χ2v) is 7.24. The SMILES string of the molecule is COCCN1C(=O)c2ccccc2N[C@@]12C(=O)Nc1ccc(C(C)C)cc12. The fourth-order valence-corrected chi connectivity index (χ4v) is 3.85. The second kappa shape index (κ2) is 6.39. The molecule has 140 valence electrons. The van der Waals surface area contributed by atoms with E-state index < -0.39 is 5.66 Å². The maximum absolute atomic E-state index is 13.3. The molecule has 1 spiro atoms. The number of fused-ring (bicyclic) bond motifs is 3. The number of ether oxygens (including phenoxy) is 1. The molecule has 2 aromatic carbocycles. The standard InChI is InChI=1S/C21H23N3O3/c1-13(2)14-8-9-18-16(12-14)21(20(26)22-18)23-17-7-5-4-6-15(17)19(25)24(21)10-11-27-3/h4-9,12-13,23H,10-11H2,1-3H3,(H,22,26)/t21-/m1/s1. The van der Waals surface area contributed by atoms with Crippen molar-refractivity contribution in [3.63, 3.8) is 0 Å². The number of rotatable bonds is 4. The molecule has 2 aliphatic rings. The van der Waals surface area contributed by atoms with Gasteiger partial charge in [0.1, 0.15) is 0 Å². The van der Waals surface area contributed by atoms with Gasteiger partial charge < -0.3 is 20.3 Å². The highest BCUT2D eigenvalue weighted by molar-refractivity contribution is 6.14. The highest BCUT2D eigenvalue weighted by atomic mass is 16.5. The van der Waals surface area contributed by atoms with Crippen molar-refractivity contribution in [1.82, 2.24) is 4.90 Å². The van der Waals surface area contributed by atoms with Gasteiger partial charge in [-0.3, -0.25) is 9.59 Å². The molecule has 27 heavy (non-hydrogen) atoms. The zero-order chi connectivity index (χ0) is 19.2. The van der Waals surface area contributed by atoms with E-state index in [-0.39, 0.29) is 11.8 Å². The molecule has 6 heteroatoms. The summed E-state index contributed by atoms with van der Waals surface area (Å²) in [5.41, 5.74) is 2.56. The number of benzene rings is 2. The maximum atomic E-state index is 13.3. The van der Waals surface area contributed by atoms with Crippen molar-refractivity contribution >= 4 is 23.2 Å². The molecule has 0 unspecified atom stereocenters. The molecular formula is C21H23N3O3. The summed E-state index contributed by atoms with van der Waals surface area (Å²) in [5.74, 6) is -0.126. The van der Waals surface area contributed by atoms with Crippen LogP contribution in [0.3, 0.4) is 0 Å². The number of hydrogen-bond acceptors (Lipinski definition) is 4. The van der Waals surface area contributed by atoms with Crippen molar-refractivity contribution in [1.29, 1.82) is 0 Å². The normalized spacial score (nSPS) is 20.5. The van der Waals surface area contributed by atoms with Crippen LogP contribution in [0.25, 0.3) is 0 Å². The molecule has 4 rings (SSSR count). The molecule has 2 aromatic rings. The number of methoxy groups -OCH3 is 1. The molecule has 0 aliphatic carbocycles. The van der Waals surface area contributed by atoms with Crippen LogP contribution in [0.15, 0.2) is 42.5 Å². The van der Waals surface area contributed by atoms with Crippen molar-refractivity contribution < 1.29 is 14.3 Å². The summed E-state index contributed by atoms with van der Waals surface area (Å²) in [6.07, 6.45) is 0. The van der Waals surface area contributed by atoms with Crippen LogP contribution in [0.5, 0.6) is 0 Å². The van der Waals surface area contributed by atoms with Gasteiger partial charge in [-0.05, 0) is 35.7 Å². The molecule has 0 bridgehead atoms. The van der Waals surface area contributed by atoms with Gasteiger partial charge in [-0.1, -0.05) is 32.0 Å². The van der Waals surface area contributed by atoms with Gasteiger partial charge in [0.15, 0.2) is 0 Å². The van der Waals surface area contributed by atoms with Crippen molar-refractivity contribution in [2.75, 3.05) is 30.9 Å². The van der Waals surface area contributed by atoms with Gasteiger partial charge in [0.2, 0.25) is 5.66 Å². The van der Waals surface area contributed by atoms with E-state index in [1.165, 1.54) is 0 Å². The second-order valence-electron chi connectivity index (χ2n) is 7.24. The highest BCUT2D eigenvalue weighted by Crippen LogP contribution is 2.45. The number of nitrogens with one attached hydrogen (secondary N) is 2. The molecule has 0 radical (unpaired) electrons. The predicted octanol–water partition coefficient (Wildman–Crippen LogP) is 3.13. The average molecular weight is 365 g/mol. The maximum Gasteiger partial charge on any atom is 0.276 e. The Balaban J connectivity index is 1.93. The molecule has 0 fully saturated rings. The third-order valence-electron chi connectivity index (χ3n) is 5.32. The lowest BCUT2D eigenvalue weighted by molar-refractivity contribution is -0.125.